The molecule has 0 radical (unpaired) electrons. The number of furan rings is 1. The molecule has 3 heteroatoms. The van der Waals surface area contributed by atoms with Crippen LogP contribution in [-0.4, -0.2) is 5.91 Å². The second-order valence-electron chi connectivity index (χ2n) is 1.99. The van der Waals surface area contributed by atoms with E-state index < -0.39 is 0 Å². The van der Waals surface area contributed by atoms with Crippen molar-refractivity contribution in [1.82, 2.24) is 5.32 Å². The first-order valence-corrected chi connectivity index (χ1v) is 4.06. The van der Waals surface area contributed by atoms with Crippen molar-refractivity contribution in [3.63, 3.8) is 0 Å². The van der Waals surface area contributed by atoms with Gasteiger partial charge in [-0.15, -0.1) is 0 Å². The van der Waals surface area contributed by atoms with E-state index in [0.717, 1.165) is 5.76 Å². The van der Waals surface area contributed by atoms with Crippen LogP contribution in [0.15, 0.2) is 22.8 Å². The van der Waals surface area contributed by atoms with Gasteiger partial charge in [-0.25, -0.2) is 0 Å². The average molecular weight is 169 g/mol. The van der Waals surface area contributed by atoms with Crippen LogP contribution < -0.4 is 5.32 Å². The van der Waals surface area contributed by atoms with Crippen LogP contribution in [0.3, 0.4) is 0 Å². The fourth-order valence-electron chi connectivity index (χ4n) is 0.625. The van der Waals surface area contributed by atoms with Crippen molar-refractivity contribution in [2.24, 2.45) is 0 Å². The van der Waals surface area contributed by atoms with Crippen molar-refractivity contribution in [3.8, 4) is 0 Å². The van der Waals surface area contributed by atoms with Gasteiger partial charge in [0, 0.05) is 6.92 Å². The number of hydrogen-bond donors (Lipinski definition) is 1. The van der Waals surface area contributed by atoms with Gasteiger partial charge in [0.2, 0.25) is 5.91 Å². The highest BCUT2D eigenvalue weighted by atomic mass is 16.3. The molecule has 0 aliphatic rings. The number of carbonyl (C=O) groups is 1. The minimum absolute atomic E-state index is 0.0450. The van der Waals surface area contributed by atoms with Gasteiger partial charge in [0.1, 0.15) is 5.76 Å². The Morgan fingerprint density at radius 3 is 2.67 bits per heavy atom. The second-order valence-corrected chi connectivity index (χ2v) is 1.99. The Balaban J connectivity index is 0.000000561. The number of nitrogens with one attached hydrogen (secondary N) is 1. The van der Waals surface area contributed by atoms with Gasteiger partial charge < -0.3 is 9.73 Å². The summed E-state index contributed by atoms with van der Waals surface area (Å²) in [4.78, 5) is 10.4. The van der Waals surface area contributed by atoms with E-state index in [1.165, 1.54) is 6.92 Å². The molecule has 0 spiro atoms. The predicted molar refractivity (Wildman–Crippen MR) is 47.6 cm³/mol. The van der Waals surface area contributed by atoms with Gasteiger partial charge in [-0.2, -0.15) is 0 Å². The third kappa shape index (κ3) is 4.55. The van der Waals surface area contributed by atoms with E-state index in [1.807, 2.05) is 19.9 Å². The molecule has 1 N–H and O–H groups in total. The van der Waals surface area contributed by atoms with Crippen LogP contribution in [0.2, 0.25) is 0 Å². The van der Waals surface area contributed by atoms with Crippen molar-refractivity contribution in [2.45, 2.75) is 27.3 Å². The van der Waals surface area contributed by atoms with Crippen LogP contribution in [0.1, 0.15) is 26.5 Å². The van der Waals surface area contributed by atoms with Gasteiger partial charge in [0.15, 0.2) is 0 Å². The maximum atomic E-state index is 10.4. The summed E-state index contributed by atoms with van der Waals surface area (Å²) < 4.78 is 4.97. The summed E-state index contributed by atoms with van der Waals surface area (Å²) in [6.45, 7) is 5.95. The topological polar surface area (TPSA) is 42.2 Å². The average Bonchev–Trinajstić information content (AvgIpc) is 2.56. The summed E-state index contributed by atoms with van der Waals surface area (Å²) in [6.07, 6.45) is 1.58. The molecule has 0 aromatic carbocycles. The number of hydrogen-bond acceptors (Lipinski definition) is 2. The van der Waals surface area contributed by atoms with Gasteiger partial charge in [-0.05, 0) is 12.1 Å². The summed E-state index contributed by atoms with van der Waals surface area (Å²) in [5, 5.41) is 2.62. The highest BCUT2D eigenvalue weighted by Crippen LogP contribution is 1.97. The first kappa shape index (κ1) is 10.8. The van der Waals surface area contributed by atoms with Crippen molar-refractivity contribution in [1.29, 1.82) is 0 Å². The van der Waals surface area contributed by atoms with Crippen LogP contribution in [-0.2, 0) is 11.3 Å². The van der Waals surface area contributed by atoms with Crippen LogP contribution >= 0.6 is 0 Å². The fourth-order valence-corrected chi connectivity index (χ4v) is 0.625. The van der Waals surface area contributed by atoms with Crippen molar-refractivity contribution >= 4 is 5.91 Å². The smallest absolute Gasteiger partial charge is 0.217 e. The molecule has 0 bridgehead atoms. The molecule has 0 aliphatic heterocycles. The molecule has 0 saturated heterocycles. The van der Waals surface area contributed by atoms with Crippen molar-refractivity contribution in [3.05, 3.63) is 24.2 Å². The molecule has 1 aromatic rings. The molecule has 68 valence electrons. The molecule has 0 atom stereocenters. The number of carbonyl (C=O) groups excluding carboxylic acids is 1. The zero-order chi connectivity index (χ0) is 9.40. The molecule has 0 aliphatic carbocycles. The van der Waals surface area contributed by atoms with E-state index in [2.05, 4.69) is 5.32 Å². The molecule has 0 saturated carbocycles. The molecule has 12 heavy (non-hydrogen) atoms. The highest BCUT2D eigenvalue weighted by molar-refractivity contribution is 5.72. The third-order valence-electron chi connectivity index (χ3n) is 1.09. The van der Waals surface area contributed by atoms with E-state index in [4.69, 9.17) is 4.42 Å². The van der Waals surface area contributed by atoms with Crippen LogP contribution in [0, 0.1) is 0 Å². The molecule has 0 fully saturated rings. The molecule has 3 nitrogen and oxygen atoms in total. The summed E-state index contributed by atoms with van der Waals surface area (Å²) in [5.74, 6) is 0.728. The fraction of sp³-hybridized carbons (Fsp3) is 0.444. The Kier molecular flexibility index (Phi) is 5.79. The van der Waals surface area contributed by atoms with Gasteiger partial charge >= 0.3 is 0 Å². The first-order valence-electron chi connectivity index (χ1n) is 4.06. The van der Waals surface area contributed by atoms with Gasteiger partial charge in [-0.1, -0.05) is 13.8 Å². The normalized spacial score (nSPS) is 8.25. The maximum Gasteiger partial charge on any atom is 0.217 e. The van der Waals surface area contributed by atoms with Gasteiger partial charge in [-0.3, -0.25) is 4.79 Å². The molecule has 1 aromatic heterocycles. The Morgan fingerprint density at radius 1 is 1.58 bits per heavy atom. The van der Waals surface area contributed by atoms with E-state index in [1.54, 1.807) is 12.3 Å². The molecule has 0 unspecified atom stereocenters. The zero-order valence-corrected chi connectivity index (χ0v) is 7.76. The second kappa shape index (κ2) is 6.46. The summed E-state index contributed by atoms with van der Waals surface area (Å²) >= 11 is 0. The highest BCUT2D eigenvalue weighted by Gasteiger charge is 1.94. The van der Waals surface area contributed by atoms with Crippen LogP contribution in [0.25, 0.3) is 0 Å². The summed E-state index contributed by atoms with van der Waals surface area (Å²) in [5.41, 5.74) is 0. The Bertz CT molecular complexity index is 204. The van der Waals surface area contributed by atoms with E-state index >= 15 is 0 Å². The largest absolute Gasteiger partial charge is 0.467 e. The molecular weight excluding hydrogens is 154 g/mol. The SMILES string of the molecule is CC.CC(=O)NCc1ccco1. The quantitative estimate of drug-likeness (QED) is 0.735. The minimum atomic E-state index is -0.0450. The summed E-state index contributed by atoms with van der Waals surface area (Å²) in [7, 11) is 0. The van der Waals surface area contributed by atoms with Crippen LogP contribution in [0.4, 0.5) is 0 Å². The standard InChI is InChI=1S/C7H9NO2.C2H6/c1-6(9)8-5-7-3-2-4-10-7;1-2/h2-4H,5H2,1H3,(H,8,9);1-2H3. The van der Waals surface area contributed by atoms with E-state index in [-0.39, 0.29) is 5.91 Å². The minimum Gasteiger partial charge on any atom is -0.467 e. The molecule has 1 rings (SSSR count). The lowest BCUT2D eigenvalue weighted by atomic mass is 10.4. The van der Waals surface area contributed by atoms with Gasteiger partial charge in [0.25, 0.3) is 0 Å². The van der Waals surface area contributed by atoms with E-state index in [0.29, 0.717) is 6.54 Å². The molecular formula is C9H15NO2. The van der Waals surface area contributed by atoms with Crippen LogP contribution in [0.5, 0.6) is 0 Å². The maximum absolute atomic E-state index is 10.4. The lowest BCUT2D eigenvalue weighted by Gasteiger charge is -1.95. The lowest BCUT2D eigenvalue weighted by molar-refractivity contribution is -0.119. The molecule has 1 amide bonds. The predicted octanol–water partition coefficient (Wildman–Crippen LogP) is 1.94. The summed E-state index contributed by atoms with van der Waals surface area (Å²) in [6, 6.07) is 3.60. The van der Waals surface area contributed by atoms with Crippen molar-refractivity contribution in [2.75, 3.05) is 0 Å². The zero-order valence-electron chi connectivity index (χ0n) is 7.76. The van der Waals surface area contributed by atoms with Crippen molar-refractivity contribution < 1.29 is 9.21 Å². The number of rotatable bonds is 2. The third-order valence-corrected chi connectivity index (χ3v) is 1.09. The Morgan fingerprint density at radius 2 is 2.25 bits per heavy atom. The Labute approximate surface area is 72.8 Å². The lowest BCUT2D eigenvalue weighted by Crippen LogP contribution is -2.18. The monoisotopic (exact) mass is 169 g/mol. The number of amides is 1. The van der Waals surface area contributed by atoms with Gasteiger partial charge in [0.05, 0.1) is 12.8 Å². The first-order chi connectivity index (χ1) is 5.79. The molecule has 1 heterocycles. The Hall–Kier alpha value is -1.25. The van der Waals surface area contributed by atoms with E-state index in [9.17, 15) is 4.79 Å².